The lowest BCUT2D eigenvalue weighted by Gasteiger charge is -2.37. The fourth-order valence-electron chi connectivity index (χ4n) is 2.73. The Bertz CT molecular complexity index is 195. The van der Waals surface area contributed by atoms with Crippen molar-refractivity contribution in [2.75, 3.05) is 52.4 Å². The van der Waals surface area contributed by atoms with Crippen LogP contribution in [0.2, 0.25) is 0 Å². The molecule has 0 radical (unpaired) electrons. The van der Waals surface area contributed by atoms with Crippen LogP contribution in [0.4, 0.5) is 0 Å². The summed E-state index contributed by atoms with van der Waals surface area (Å²) < 4.78 is 0. The molecule has 2 saturated heterocycles. The van der Waals surface area contributed by atoms with Gasteiger partial charge in [-0.2, -0.15) is 0 Å². The van der Waals surface area contributed by atoms with E-state index < -0.39 is 0 Å². The maximum atomic E-state index is 9.30. The number of nitrogens with one attached hydrogen (secondary N) is 1. The third-order valence-electron chi connectivity index (χ3n) is 3.84. The van der Waals surface area contributed by atoms with Crippen LogP contribution in [0.3, 0.4) is 0 Å². The number of aliphatic hydroxyl groups is 1. The highest BCUT2D eigenvalue weighted by Crippen LogP contribution is 2.09. The van der Waals surface area contributed by atoms with Crippen LogP contribution in [0.15, 0.2) is 0 Å². The summed E-state index contributed by atoms with van der Waals surface area (Å²) in [7, 11) is 0. The van der Waals surface area contributed by atoms with Crippen molar-refractivity contribution < 1.29 is 5.11 Å². The Morgan fingerprint density at radius 3 is 2.62 bits per heavy atom. The van der Waals surface area contributed by atoms with E-state index in [1.54, 1.807) is 0 Å². The molecule has 1 atom stereocenters. The van der Waals surface area contributed by atoms with Gasteiger partial charge in [-0.05, 0) is 25.9 Å². The van der Waals surface area contributed by atoms with E-state index in [4.69, 9.17) is 0 Å². The van der Waals surface area contributed by atoms with Gasteiger partial charge in [0, 0.05) is 38.8 Å². The highest BCUT2D eigenvalue weighted by Gasteiger charge is 2.21. The first-order valence-corrected chi connectivity index (χ1v) is 6.68. The number of piperidine rings is 1. The summed E-state index contributed by atoms with van der Waals surface area (Å²) in [6.07, 6.45) is 4.14. The van der Waals surface area contributed by atoms with Crippen molar-refractivity contribution in [2.24, 2.45) is 0 Å². The Balaban J connectivity index is 1.70. The fraction of sp³-hybridized carbons (Fsp3) is 1.00. The number of nitrogens with zero attached hydrogens (tertiary/aromatic N) is 2. The lowest BCUT2D eigenvalue weighted by molar-refractivity contribution is 0.0855. The molecular formula is C12H25N3O. The molecule has 0 bridgehead atoms. The summed E-state index contributed by atoms with van der Waals surface area (Å²) in [5.41, 5.74) is 0. The standard InChI is InChI=1S/C12H25N3O/c16-11-12-10-13-4-7-15(12)9-8-14-5-2-1-3-6-14/h12-13,16H,1-11H2. The van der Waals surface area contributed by atoms with E-state index in [-0.39, 0.29) is 6.61 Å². The number of aliphatic hydroxyl groups excluding tert-OH is 1. The summed E-state index contributed by atoms with van der Waals surface area (Å²) in [4.78, 5) is 5.01. The minimum atomic E-state index is 0.285. The Morgan fingerprint density at radius 2 is 1.88 bits per heavy atom. The molecule has 2 heterocycles. The van der Waals surface area contributed by atoms with Crippen molar-refractivity contribution in [1.29, 1.82) is 0 Å². The average Bonchev–Trinajstić information content (AvgIpc) is 2.38. The molecule has 4 nitrogen and oxygen atoms in total. The zero-order valence-corrected chi connectivity index (χ0v) is 10.2. The molecule has 0 amide bonds. The van der Waals surface area contributed by atoms with Crippen LogP contribution in [0.5, 0.6) is 0 Å². The maximum Gasteiger partial charge on any atom is 0.0599 e. The summed E-state index contributed by atoms with van der Waals surface area (Å²) in [6, 6.07) is 0.332. The predicted molar refractivity (Wildman–Crippen MR) is 65.6 cm³/mol. The van der Waals surface area contributed by atoms with Crippen LogP contribution in [0.1, 0.15) is 19.3 Å². The van der Waals surface area contributed by atoms with E-state index in [0.29, 0.717) is 6.04 Å². The summed E-state index contributed by atoms with van der Waals surface area (Å²) in [6.45, 7) is 8.22. The van der Waals surface area contributed by atoms with Gasteiger partial charge in [0.1, 0.15) is 0 Å². The molecule has 0 saturated carbocycles. The zero-order chi connectivity index (χ0) is 11.2. The van der Waals surface area contributed by atoms with Gasteiger partial charge in [-0.3, -0.25) is 4.90 Å². The highest BCUT2D eigenvalue weighted by atomic mass is 16.3. The SMILES string of the molecule is OCC1CNCCN1CCN1CCCCC1. The molecule has 0 aromatic heterocycles. The van der Waals surface area contributed by atoms with Crippen LogP contribution in [-0.2, 0) is 0 Å². The fourth-order valence-corrected chi connectivity index (χ4v) is 2.73. The minimum Gasteiger partial charge on any atom is -0.395 e. The van der Waals surface area contributed by atoms with Crippen molar-refractivity contribution in [2.45, 2.75) is 25.3 Å². The van der Waals surface area contributed by atoms with Crippen LogP contribution >= 0.6 is 0 Å². The van der Waals surface area contributed by atoms with Crippen molar-refractivity contribution in [1.82, 2.24) is 15.1 Å². The lowest BCUT2D eigenvalue weighted by atomic mass is 10.1. The molecule has 16 heavy (non-hydrogen) atoms. The van der Waals surface area contributed by atoms with Gasteiger partial charge in [-0.25, -0.2) is 0 Å². The summed E-state index contributed by atoms with van der Waals surface area (Å²) in [5, 5.41) is 12.6. The molecule has 2 N–H and O–H groups in total. The normalized spacial score (nSPS) is 29.4. The monoisotopic (exact) mass is 227 g/mol. The van der Waals surface area contributed by atoms with Gasteiger partial charge in [-0.15, -0.1) is 0 Å². The van der Waals surface area contributed by atoms with Crippen LogP contribution in [0.25, 0.3) is 0 Å². The second kappa shape index (κ2) is 6.55. The number of hydrogen-bond donors (Lipinski definition) is 2. The van der Waals surface area contributed by atoms with E-state index in [1.807, 2.05) is 0 Å². The summed E-state index contributed by atoms with van der Waals surface area (Å²) in [5.74, 6) is 0. The lowest BCUT2D eigenvalue weighted by Crippen LogP contribution is -2.54. The molecule has 0 aliphatic carbocycles. The highest BCUT2D eigenvalue weighted by molar-refractivity contribution is 4.80. The van der Waals surface area contributed by atoms with Gasteiger partial charge in [0.05, 0.1) is 6.61 Å². The van der Waals surface area contributed by atoms with Crippen molar-refractivity contribution >= 4 is 0 Å². The van der Waals surface area contributed by atoms with Gasteiger partial charge in [0.2, 0.25) is 0 Å². The van der Waals surface area contributed by atoms with Crippen LogP contribution < -0.4 is 5.32 Å². The predicted octanol–water partition coefficient (Wildman–Crippen LogP) is -0.262. The third kappa shape index (κ3) is 3.42. The molecular weight excluding hydrogens is 202 g/mol. The number of rotatable bonds is 4. The van der Waals surface area contributed by atoms with Gasteiger partial charge in [0.25, 0.3) is 0 Å². The first-order chi connectivity index (χ1) is 7.90. The molecule has 0 spiro atoms. The molecule has 1 unspecified atom stereocenters. The van der Waals surface area contributed by atoms with Gasteiger partial charge in [-0.1, -0.05) is 6.42 Å². The largest absolute Gasteiger partial charge is 0.395 e. The topological polar surface area (TPSA) is 38.7 Å². The second-order valence-electron chi connectivity index (χ2n) is 4.98. The van der Waals surface area contributed by atoms with E-state index >= 15 is 0 Å². The average molecular weight is 227 g/mol. The number of likely N-dealkylation sites (tertiary alicyclic amines) is 1. The molecule has 2 rings (SSSR count). The van der Waals surface area contributed by atoms with Crippen LogP contribution in [-0.4, -0.2) is 73.4 Å². The maximum absolute atomic E-state index is 9.30. The quantitative estimate of drug-likeness (QED) is 0.694. The number of hydrogen-bond acceptors (Lipinski definition) is 4. The molecule has 94 valence electrons. The van der Waals surface area contributed by atoms with Gasteiger partial charge in [0.15, 0.2) is 0 Å². The molecule has 4 heteroatoms. The van der Waals surface area contributed by atoms with E-state index in [1.165, 1.54) is 38.9 Å². The number of piperazine rings is 1. The van der Waals surface area contributed by atoms with E-state index in [2.05, 4.69) is 15.1 Å². The Kier molecular flexibility index (Phi) is 5.03. The minimum absolute atomic E-state index is 0.285. The molecule has 2 fully saturated rings. The first kappa shape index (κ1) is 12.3. The zero-order valence-electron chi connectivity index (χ0n) is 10.2. The van der Waals surface area contributed by atoms with Gasteiger partial charge >= 0.3 is 0 Å². The Morgan fingerprint density at radius 1 is 1.06 bits per heavy atom. The third-order valence-corrected chi connectivity index (χ3v) is 3.84. The Labute approximate surface area is 98.6 Å². The summed E-state index contributed by atoms with van der Waals surface area (Å²) >= 11 is 0. The van der Waals surface area contributed by atoms with Crippen LogP contribution in [0, 0.1) is 0 Å². The smallest absolute Gasteiger partial charge is 0.0599 e. The second-order valence-corrected chi connectivity index (χ2v) is 4.98. The van der Waals surface area contributed by atoms with Gasteiger partial charge < -0.3 is 15.3 Å². The molecule has 0 aromatic rings. The van der Waals surface area contributed by atoms with Crippen molar-refractivity contribution in [3.05, 3.63) is 0 Å². The van der Waals surface area contributed by atoms with Crippen molar-refractivity contribution in [3.8, 4) is 0 Å². The first-order valence-electron chi connectivity index (χ1n) is 6.68. The van der Waals surface area contributed by atoms with E-state index in [0.717, 1.165) is 26.2 Å². The Hall–Kier alpha value is -0.160. The van der Waals surface area contributed by atoms with E-state index in [9.17, 15) is 5.11 Å². The van der Waals surface area contributed by atoms with Crippen molar-refractivity contribution in [3.63, 3.8) is 0 Å². The molecule has 2 aliphatic heterocycles. The molecule has 0 aromatic carbocycles. The molecule has 2 aliphatic rings.